The second kappa shape index (κ2) is 8.63. The summed E-state index contributed by atoms with van der Waals surface area (Å²) < 4.78 is 0. The predicted molar refractivity (Wildman–Crippen MR) is 101 cm³/mol. The molecule has 0 spiro atoms. The van der Waals surface area contributed by atoms with Gasteiger partial charge in [-0.2, -0.15) is 0 Å². The van der Waals surface area contributed by atoms with Crippen molar-refractivity contribution in [2.45, 2.75) is 19.3 Å². The van der Waals surface area contributed by atoms with E-state index in [0.29, 0.717) is 24.3 Å². The van der Waals surface area contributed by atoms with Crippen LogP contribution in [0.15, 0.2) is 60.4 Å². The number of nitrogens with one attached hydrogen (secondary N) is 1. The third kappa shape index (κ3) is 4.29. The van der Waals surface area contributed by atoms with Gasteiger partial charge in [-0.3, -0.25) is 14.6 Å². The van der Waals surface area contributed by atoms with E-state index in [-0.39, 0.29) is 22.5 Å². The molecule has 2 amide bonds. The highest BCUT2D eigenvalue weighted by atomic mass is 35.5. The summed E-state index contributed by atoms with van der Waals surface area (Å²) in [6.07, 6.45) is 4.60. The summed E-state index contributed by atoms with van der Waals surface area (Å²) in [5.74, 6) is -0.648. The van der Waals surface area contributed by atoms with Crippen molar-refractivity contribution < 1.29 is 9.59 Å². The van der Waals surface area contributed by atoms with Crippen LogP contribution < -0.4 is 5.32 Å². The van der Waals surface area contributed by atoms with Crippen molar-refractivity contribution in [1.82, 2.24) is 15.2 Å². The summed E-state index contributed by atoms with van der Waals surface area (Å²) >= 11 is 6.47. The van der Waals surface area contributed by atoms with E-state index in [1.807, 2.05) is 6.07 Å². The van der Waals surface area contributed by atoms with Gasteiger partial charge in [0.05, 0.1) is 10.7 Å². The lowest BCUT2D eigenvalue weighted by Gasteiger charge is -2.28. The van der Waals surface area contributed by atoms with Crippen LogP contribution in [0.5, 0.6) is 0 Å². The Morgan fingerprint density at radius 3 is 2.31 bits per heavy atom. The van der Waals surface area contributed by atoms with Crippen LogP contribution in [0.3, 0.4) is 0 Å². The van der Waals surface area contributed by atoms with Crippen molar-refractivity contribution in [3.63, 3.8) is 0 Å². The molecule has 6 heteroatoms. The number of carbonyl (C=O) groups excluding carboxylic acids is 2. The first kappa shape index (κ1) is 18.1. The number of carbonyl (C=O) groups is 2. The molecule has 0 aliphatic carbocycles. The fourth-order valence-corrected chi connectivity index (χ4v) is 3.09. The third-order valence-electron chi connectivity index (χ3n) is 4.24. The van der Waals surface area contributed by atoms with Gasteiger partial charge in [0, 0.05) is 24.8 Å². The van der Waals surface area contributed by atoms with Crippen LogP contribution in [-0.2, 0) is 4.79 Å². The van der Waals surface area contributed by atoms with Gasteiger partial charge < -0.3 is 10.2 Å². The van der Waals surface area contributed by atoms with Gasteiger partial charge in [0.1, 0.15) is 5.70 Å². The average molecular weight is 370 g/mol. The van der Waals surface area contributed by atoms with E-state index < -0.39 is 0 Å². The number of nitrogens with zero attached hydrogens (tertiary/aromatic N) is 2. The van der Waals surface area contributed by atoms with Crippen LogP contribution in [0.2, 0.25) is 0 Å². The predicted octanol–water partition coefficient (Wildman–Crippen LogP) is 3.43. The molecule has 5 nitrogen and oxygen atoms in total. The molecule has 134 valence electrons. The van der Waals surface area contributed by atoms with Gasteiger partial charge in [-0.15, -0.1) is 0 Å². The topological polar surface area (TPSA) is 62.3 Å². The van der Waals surface area contributed by atoms with Gasteiger partial charge in [-0.05, 0) is 43.5 Å². The van der Waals surface area contributed by atoms with Crippen molar-refractivity contribution in [3.8, 4) is 0 Å². The van der Waals surface area contributed by atoms with Gasteiger partial charge in [0.15, 0.2) is 0 Å². The van der Waals surface area contributed by atoms with Crippen molar-refractivity contribution in [2.24, 2.45) is 0 Å². The fraction of sp³-hybridized carbons (Fsp3) is 0.250. The molecule has 1 aromatic carbocycles. The largest absolute Gasteiger partial charge is 0.337 e. The van der Waals surface area contributed by atoms with Gasteiger partial charge in [-0.25, -0.2) is 0 Å². The minimum Gasteiger partial charge on any atom is -0.337 e. The molecular formula is C20H20ClN3O2. The lowest BCUT2D eigenvalue weighted by molar-refractivity contribution is -0.128. The number of amides is 2. The first-order chi connectivity index (χ1) is 12.7. The Hall–Kier alpha value is -2.66. The van der Waals surface area contributed by atoms with E-state index in [2.05, 4.69) is 10.3 Å². The molecule has 1 aliphatic rings. The Bertz CT molecular complexity index is 800. The van der Waals surface area contributed by atoms with Gasteiger partial charge in [-0.1, -0.05) is 35.9 Å². The zero-order valence-electron chi connectivity index (χ0n) is 14.3. The molecule has 1 N–H and O–H groups in total. The minimum atomic E-state index is -0.375. The van der Waals surface area contributed by atoms with Crippen molar-refractivity contribution in [2.75, 3.05) is 13.1 Å². The number of piperidine rings is 1. The number of halogens is 1. The molecule has 1 aliphatic heterocycles. The molecule has 0 radical (unpaired) electrons. The maximum Gasteiger partial charge on any atom is 0.272 e. The number of benzene rings is 1. The molecule has 1 fully saturated rings. The Kier molecular flexibility index (Phi) is 6.02. The summed E-state index contributed by atoms with van der Waals surface area (Å²) in [5, 5.41) is 2.85. The van der Waals surface area contributed by atoms with Crippen LogP contribution in [0.4, 0.5) is 0 Å². The van der Waals surface area contributed by atoms with E-state index in [4.69, 9.17) is 11.6 Å². The Balaban J connectivity index is 1.93. The van der Waals surface area contributed by atoms with Gasteiger partial charge in [0.2, 0.25) is 0 Å². The molecule has 26 heavy (non-hydrogen) atoms. The van der Waals surface area contributed by atoms with Crippen LogP contribution in [0.25, 0.3) is 5.03 Å². The summed E-state index contributed by atoms with van der Waals surface area (Å²) in [6, 6.07) is 14.0. The van der Waals surface area contributed by atoms with Crippen LogP contribution >= 0.6 is 11.6 Å². The van der Waals surface area contributed by atoms with Crippen molar-refractivity contribution in [3.05, 3.63) is 71.7 Å². The summed E-state index contributed by atoms with van der Waals surface area (Å²) in [4.78, 5) is 31.5. The van der Waals surface area contributed by atoms with Gasteiger partial charge in [0.25, 0.3) is 11.8 Å². The quantitative estimate of drug-likeness (QED) is 0.840. The first-order valence-corrected chi connectivity index (χ1v) is 9.01. The zero-order valence-corrected chi connectivity index (χ0v) is 15.1. The minimum absolute atomic E-state index is 0.0705. The number of rotatable bonds is 4. The standard InChI is InChI=1S/C20H20ClN3O2/c21-17(16-11-5-6-12-22-16)18(20(26)24-13-7-2-8-14-24)23-19(25)15-9-3-1-4-10-15/h1,3-6,9-12H,2,7-8,13-14H2,(H,23,25)/b18-17-. The molecular weight excluding hydrogens is 350 g/mol. The molecule has 3 rings (SSSR count). The highest BCUT2D eigenvalue weighted by Gasteiger charge is 2.25. The normalized spacial score (nSPS) is 15.2. The molecule has 2 heterocycles. The zero-order chi connectivity index (χ0) is 18.4. The molecule has 0 unspecified atom stereocenters. The van der Waals surface area contributed by atoms with Crippen molar-refractivity contribution in [1.29, 1.82) is 0 Å². The Morgan fingerprint density at radius 2 is 1.65 bits per heavy atom. The number of pyridine rings is 1. The number of hydrogen-bond donors (Lipinski definition) is 1. The van der Waals surface area contributed by atoms with Gasteiger partial charge >= 0.3 is 0 Å². The van der Waals surface area contributed by atoms with E-state index in [0.717, 1.165) is 19.3 Å². The number of hydrogen-bond acceptors (Lipinski definition) is 3. The third-order valence-corrected chi connectivity index (χ3v) is 4.62. The molecule has 0 atom stereocenters. The molecule has 0 saturated carbocycles. The highest BCUT2D eigenvalue weighted by Crippen LogP contribution is 2.23. The Labute approximate surface area is 157 Å². The fourth-order valence-electron chi connectivity index (χ4n) is 2.85. The maximum absolute atomic E-state index is 13.0. The summed E-state index contributed by atoms with van der Waals surface area (Å²) in [7, 11) is 0. The van der Waals surface area contributed by atoms with Crippen LogP contribution in [-0.4, -0.2) is 34.8 Å². The summed E-state index contributed by atoms with van der Waals surface area (Å²) in [5.41, 5.74) is 0.978. The average Bonchev–Trinajstić information content (AvgIpc) is 2.73. The molecule has 1 aromatic heterocycles. The number of aromatic nitrogens is 1. The number of likely N-dealkylation sites (tertiary alicyclic amines) is 1. The lowest BCUT2D eigenvalue weighted by Crippen LogP contribution is -2.41. The van der Waals surface area contributed by atoms with Crippen molar-refractivity contribution >= 4 is 28.4 Å². The SMILES string of the molecule is O=C(N/C(C(=O)N1CCCCC1)=C(\Cl)c1ccccn1)c1ccccc1. The van der Waals surface area contributed by atoms with E-state index in [9.17, 15) is 9.59 Å². The monoisotopic (exact) mass is 369 g/mol. The molecule has 2 aromatic rings. The molecule has 1 saturated heterocycles. The molecule has 0 bridgehead atoms. The summed E-state index contributed by atoms with van der Waals surface area (Å²) in [6.45, 7) is 1.33. The lowest BCUT2D eigenvalue weighted by atomic mass is 10.1. The maximum atomic E-state index is 13.0. The van der Waals surface area contributed by atoms with Crippen LogP contribution in [0, 0.1) is 0 Å². The second-order valence-corrected chi connectivity index (χ2v) is 6.45. The highest BCUT2D eigenvalue weighted by molar-refractivity contribution is 6.50. The first-order valence-electron chi connectivity index (χ1n) is 8.63. The van der Waals surface area contributed by atoms with E-state index >= 15 is 0 Å². The van der Waals surface area contributed by atoms with Crippen LogP contribution in [0.1, 0.15) is 35.3 Å². The van der Waals surface area contributed by atoms with E-state index in [1.165, 1.54) is 0 Å². The Morgan fingerprint density at radius 1 is 0.962 bits per heavy atom. The van der Waals surface area contributed by atoms with E-state index in [1.54, 1.807) is 53.6 Å². The smallest absolute Gasteiger partial charge is 0.272 e. The second-order valence-electron chi connectivity index (χ2n) is 6.08.